The first kappa shape index (κ1) is 21.6. The number of hydrogen-bond acceptors (Lipinski definition) is 7. The van der Waals surface area contributed by atoms with E-state index in [1.54, 1.807) is 11.8 Å². The van der Waals surface area contributed by atoms with E-state index in [0.29, 0.717) is 6.54 Å². The highest BCUT2D eigenvalue weighted by atomic mass is 32.2. The van der Waals surface area contributed by atoms with Crippen LogP contribution in [0.25, 0.3) is 0 Å². The van der Waals surface area contributed by atoms with Gasteiger partial charge in [-0.2, -0.15) is 0 Å². The van der Waals surface area contributed by atoms with E-state index in [1.165, 1.54) is 11.1 Å². The maximum absolute atomic E-state index is 5.90. The Morgan fingerprint density at radius 3 is 2.80 bits per heavy atom. The normalized spacial score (nSPS) is 20.0. The van der Waals surface area contributed by atoms with Crippen LogP contribution in [0.15, 0.2) is 23.4 Å². The lowest BCUT2D eigenvalue weighted by atomic mass is 10.1. The lowest BCUT2D eigenvalue weighted by Crippen LogP contribution is -2.37. The molecular formula is C22H33N5O2S. The maximum atomic E-state index is 5.90. The van der Waals surface area contributed by atoms with Crippen LogP contribution in [0.2, 0.25) is 0 Å². The minimum atomic E-state index is 0.263. The fourth-order valence-corrected chi connectivity index (χ4v) is 4.98. The number of anilines is 1. The third kappa shape index (κ3) is 5.75. The van der Waals surface area contributed by atoms with Gasteiger partial charge in [0.25, 0.3) is 0 Å². The van der Waals surface area contributed by atoms with Crippen molar-refractivity contribution in [1.82, 2.24) is 19.7 Å². The second-order valence-corrected chi connectivity index (χ2v) is 9.18. The zero-order valence-electron chi connectivity index (χ0n) is 18.1. The number of aryl methyl sites for hydroxylation is 2. The van der Waals surface area contributed by atoms with Gasteiger partial charge in [-0.15, -0.1) is 10.2 Å². The topological polar surface area (TPSA) is 64.4 Å². The zero-order valence-corrected chi connectivity index (χ0v) is 18.9. The Morgan fingerprint density at radius 2 is 2.03 bits per heavy atom. The van der Waals surface area contributed by atoms with Gasteiger partial charge in [0.1, 0.15) is 0 Å². The van der Waals surface area contributed by atoms with Gasteiger partial charge in [0, 0.05) is 37.7 Å². The molecule has 7 nitrogen and oxygen atoms in total. The number of nitrogens with one attached hydrogen (secondary N) is 1. The van der Waals surface area contributed by atoms with E-state index in [2.05, 4.69) is 57.0 Å². The van der Waals surface area contributed by atoms with Crippen molar-refractivity contribution in [3.63, 3.8) is 0 Å². The lowest BCUT2D eigenvalue weighted by Gasteiger charge is -2.26. The molecule has 2 aliphatic heterocycles. The number of rotatable bonds is 9. The largest absolute Gasteiger partial charge is 0.379 e. The van der Waals surface area contributed by atoms with Gasteiger partial charge in [-0.1, -0.05) is 29.5 Å². The molecule has 0 spiro atoms. The van der Waals surface area contributed by atoms with Crippen LogP contribution in [0.1, 0.15) is 29.8 Å². The Kier molecular flexibility index (Phi) is 7.65. The Bertz CT molecular complexity index is 816. The summed E-state index contributed by atoms with van der Waals surface area (Å²) in [4.78, 5) is 2.46. The van der Waals surface area contributed by atoms with Crippen LogP contribution < -0.4 is 5.32 Å². The first-order valence-corrected chi connectivity index (χ1v) is 12.0. The molecular weight excluding hydrogens is 398 g/mol. The molecule has 0 aliphatic carbocycles. The van der Waals surface area contributed by atoms with Crippen LogP contribution in [-0.2, 0) is 22.6 Å². The molecule has 2 aliphatic rings. The van der Waals surface area contributed by atoms with Crippen molar-refractivity contribution < 1.29 is 9.47 Å². The number of hydrogen-bond donors (Lipinski definition) is 1. The smallest absolute Gasteiger partial charge is 0.191 e. The van der Waals surface area contributed by atoms with Gasteiger partial charge < -0.3 is 19.4 Å². The zero-order chi connectivity index (χ0) is 20.8. The molecule has 0 radical (unpaired) electrons. The molecule has 4 rings (SSSR count). The molecule has 1 N–H and O–H groups in total. The summed E-state index contributed by atoms with van der Waals surface area (Å²) in [5.41, 5.74) is 3.67. The third-order valence-corrected chi connectivity index (χ3v) is 6.71. The highest BCUT2D eigenvalue weighted by molar-refractivity contribution is 7.99. The fourth-order valence-electron chi connectivity index (χ4n) is 4.01. The molecule has 0 amide bonds. The fraction of sp³-hybridized carbons (Fsp3) is 0.636. The van der Waals surface area contributed by atoms with Crippen molar-refractivity contribution in [3.8, 4) is 0 Å². The average molecular weight is 432 g/mol. The van der Waals surface area contributed by atoms with Crippen LogP contribution in [0.3, 0.4) is 0 Å². The lowest BCUT2D eigenvalue weighted by molar-refractivity contribution is 0.0410. The van der Waals surface area contributed by atoms with E-state index in [-0.39, 0.29) is 6.10 Å². The van der Waals surface area contributed by atoms with E-state index in [0.717, 1.165) is 81.3 Å². The Hall–Kier alpha value is -1.61. The molecule has 8 heteroatoms. The number of morpholine rings is 1. The van der Waals surface area contributed by atoms with E-state index in [1.807, 2.05) is 0 Å². The van der Waals surface area contributed by atoms with Crippen molar-refractivity contribution in [3.05, 3.63) is 35.2 Å². The first-order chi connectivity index (χ1) is 14.7. The maximum Gasteiger partial charge on any atom is 0.191 e. The van der Waals surface area contributed by atoms with Gasteiger partial charge in [0.05, 0.1) is 32.4 Å². The van der Waals surface area contributed by atoms with Crippen molar-refractivity contribution in [2.24, 2.45) is 0 Å². The van der Waals surface area contributed by atoms with Crippen LogP contribution in [-0.4, -0.2) is 71.0 Å². The van der Waals surface area contributed by atoms with Gasteiger partial charge in [0.2, 0.25) is 0 Å². The number of aromatic nitrogens is 3. The SMILES string of the molecule is Cc1ccc(NCc2nnc(SCCN3CCOCC3)n2CC2CCCO2)c(C)c1. The summed E-state index contributed by atoms with van der Waals surface area (Å²) in [6, 6.07) is 6.48. The van der Waals surface area contributed by atoms with Crippen molar-refractivity contribution in [2.75, 3.05) is 50.5 Å². The van der Waals surface area contributed by atoms with Crippen LogP contribution in [0.4, 0.5) is 5.69 Å². The predicted octanol–water partition coefficient (Wildman–Crippen LogP) is 3.11. The van der Waals surface area contributed by atoms with Gasteiger partial charge in [-0.25, -0.2) is 0 Å². The summed E-state index contributed by atoms with van der Waals surface area (Å²) < 4.78 is 13.6. The summed E-state index contributed by atoms with van der Waals surface area (Å²) >= 11 is 1.80. The highest BCUT2D eigenvalue weighted by Crippen LogP contribution is 2.23. The van der Waals surface area contributed by atoms with Gasteiger partial charge in [-0.05, 0) is 38.3 Å². The third-order valence-electron chi connectivity index (χ3n) is 5.76. The standard InChI is InChI=1S/C22H33N5O2S/c1-17-5-6-20(18(2)14-17)23-15-21-24-25-22(27(21)16-19-4-3-10-29-19)30-13-9-26-7-11-28-12-8-26/h5-6,14,19,23H,3-4,7-13,15-16H2,1-2H3. The number of thioether (sulfide) groups is 1. The first-order valence-electron chi connectivity index (χ1n) is 11.0. The Morgan fingerprint density at radius 1 is 1.17 bits per heavy atom. The van der Waals surface area contributed by atoms with E-state index in [4.69, 9.17) is 9.47 Å². The van der Waals surface area contributed by atoms with Crippen molar-refractivity contribution in [2.45, 2.75) is 51.0 Å². The van der Waals surface area contributed by atoms with Crippen LogP contribution in [0.5, 0.6) is 0 Å². The van der Waals surface area contributed by atoms with E-state index < -0.39 is 0 Å². The Labute approximate surface area is 183 Å². The average Bonchev–Trinajstić information content (AvgIpc) is 3.39. The van der Waals surface area contributed by atoms with E-state index in [9.17, 15) is 0 Å². The second-order valence-electron chi connectivity index (χ2n) is 8.12. The Balaban J connectivity index is 1.40. The van der Waals surface area contributed by atoms with Gasteiger partial charge >= 0.3 is 0 Å². The molecule has 1 aromatic heterocycles. The predicted molar refractivity (Wildman–Crippen MR) is 120 cm³/mol. The molecule has 2 fully saturated rings. The van der Waals surface area contributed by atoms with Crippen LogP contribution in [0, 0.1) is 13.8 Å². The van der Waals surface area contributed by atoms with Crippen LogP contribution >= 0.6 is 11.8 Å². The summed E-state index contributed by atoms with van der Waals surface area (Å²) in [5, 5.41) is 13.6. The van der Waals surface area contributed by atoms with Gasteiger partial charge in [0.15, 0.2) is 11.0 Å². The number of nitrogens with zero attached hydrogens (tertiary/aromatic N) is 4. The molecule has 164 valence electrons. The summed E-state index contributed by atoms with van der Waals surface area (Å²) in [6.45, 7) is 11.4. The van der Waals surface area contributed by atoms with Crippen molar-refractivity contribution >= 4 is 17.4 Å². The molecule has 2 aromatic rings. The molecule has 1 aromatic carbocycles. The quantitative estimate of drug-likeness (QED) is 0.612. The molecule has 2 saturated heterocycles. The highest BCUT2D eigenvalue weighted by Gasteiger charge is 2.21. The molecule has 0 bridgehead atoms. The molecule has 1 unspecified atom stereocenters. The second kappa shape index (κ2) is 10.6. The van der Waals surface area contributed by atoms with Gasteiger partial charge in [-0.3, -0.25) is 4.90 Å². The summed E-state index contributed by atoms with van der Waals surface area (Å²) in [7, 11) is 0. The minimum absolute atomic E-state index is 0.263. The van der Waals surface area contributed by atoms with Crippen molar-refractivity contribution in [1.29, 1.82) is 0 Å². The summed E-state index contributed by atoms with van der Waals surface area (Å²) in [5.74, 6) is 1.98. The summed E-state index contributed by atoms with van der Waals surface area (Å²) in [6.07, 6.45) is 2.52. The molecule has 1 atom stereocenters. The number of benzene rings is 1. The molecule has 30 heavy (non-hydrogen) atoms. The molecule has 3 heterocycles. The number of ether oxygens (including phenoxy) is 2. The molecule has 0 saturated carbocycles. The minimum Gasteiger partial charge on any atom is -0.379 e. The van der Waals surface area contributed by atoms with E-state index >= 15 is 0 Å². The monoisotopic (exact) mass is 431 g/mol.